The van der Waals surface area contributed by atoms with Crippen molar-refractivity contribution in [3.05, 3.63) is 29.3 Å². The van der Waals surface area contributed by atoms with Crippen molar-refractivity contribution in [3.63, 3.8) is 0 Å². The van der Waals surface area contributed by atoms with E-state index in [1.165, 1.54) is 11.8 Å². The van der Waals surface area contributed by atoms with E-state index in [2.05, 4.69) is 6.07 Å². The maximum atomic E-state index is 12.5. The Balaban J connectivity index is 1.63. The van der Waals surface area contributed by atoms with Crippen molar-refractivity contribution < 1.29 is 24.2 Å². The van der Waals surface area contributed by atoms with Crippen LogP contribution in [0.15, 0.2) is 18.2 Å². The third-order valence-corrected chi connectivity index (χ3v) is 4.91. The van der Waals surface area contributed by atoms with Crippen LogP contribution in [0.4, 0.5) is 10.5 Å². The number of carboxylic acids is 1. The zero-order valence-electron chi connectivity index (χ0n) is 15.1. The monoisotopic (exact) mass is 361 g/mol. The number of amides is 2. The summed E-state index contributed by atoms with van der Waals surface area (Å²) in [6.07, 6.45) is -0.965. The van der Waals surface area contributed by atoms with E-state index in [0.29, 0.717) is 13.1 Å². The number of aliphatic carboxylic acids is 1. The van der Waals surface area contributed by atoms with Gasteiger partial charge in [-0.2, -0.15) is 0 Å². The molecule has 2 atom stereocenters. The van der Waals surface area contributed by atoms with E-state index in [-0.39, 0.29) is 18.9 Å². The van der Waals surface area contributed by atoms with E-state index in [1.807, 2.05) is 31.1 Å². The molecule has 1 aromatic rings. The summed E-state index contributed by atoms with van der Waals surface area (Å²) in [5.74, 6) is -1.41. The van der Waals surface area contributed by atoms with Crippen LogP contribution >= 0.6 is 0 Å². The molecule has 1 N–H and O–H groups in total. The Labute approximate surface area is 151 Å². The molecule has 2 aliphatic rings. The largest absolute Gasteiger partial charge is 0.480 e. The van der Waals surface area contributed by atoms with E-state index < -0.39 is 24.2 Å². The van der Waals surface area contributed by atoms with Gasteiger partial charge in [0.15, 0.2) is 0 Å². The first kappa shape index (κ1) is 18.0. The number of hydrogen-bond donors (Lipinski definition) is 1. The second-order valence-electron chi connectivity index (χ2n) is 6.97. The second-order valence-corrected chi connectivity index (χ2v) is 6.97. The summed E-state index contributed by atoms with van der Waals surface area (Å²) in [5.41, 5.74) is 3.22. The molecule has 1 fully saturated rings. The molecule has 1 unspecified atom stereocenters. The Bertz CT molecular complexity index is 726. The van der Waals surface area contributed by atoms with Gasteiger partial charge in [0.1, 0.15) is 12.1 Å². The summed E-state index contributed by atoms with van der Waals surface area (Å²) in [5, 5.41) is 9.24. The van der Waals surface area contributed by atoms with Gasteiger partial charge in [-0.1, -0.05) is 6.07 Å². The molecule has 1 aromatic carbocycles. The van der Waals surface area contributed by atoms with Gasteiger partial charge in [0, 0.05) is 46.2 Å². The lowest BCUT2D eigenvalue weighted by atomic mass is 10.1. The van der Waals surface area contributed by atoms with Gasteiger partial charge in [-0.25, -0.2) is 9.59 Å². The van der Waals surface area contributed by atoms with Crippen molar-refractivity contribution in [2.75, 3.05) is 25.5 Å². The zero-order valence-corrected chi connectivity index (χ0v) is 15.1. The zero-order chi connectivity index (χ0) is 19.0. The number of carbonyl (C=O) groups is 3. The van der Waals surface area contributed by atoms with Gasteiger partial charge in [0.05, 0.1) is 6.54 Å². The fourth-order valence-corrected chi connectivity index (χ4v) is 3.47. The number of benzene rings is 1. The van der Waals surface area contributed by atoms with Gasteiger partial charge >= 0.3 is 12.1 Å². The van der Waals surface area contributed by atoms with Crippen LogP contribution in [0.3, 0.4) is 0 Å². The molecule has 0 aliphatic carbocycles. The maximum absolute atomic E-state index is 12.5. The molecule has 8 heteroatoms. The van der Waals surface area contributed by atoms with Crippen molar-refractivity contribution >= 4 is 23.7 Å². The molecular formula is C18H23N3O5. The Morgan fingerprint density at radius 1 is 1.19 bits per heavy atom. The number of anilines is 1. The van der Waals surface area contributed by atoms with Crippen LogP contribution in [0.2, 0.25) is 0 Å². The molecule has 140 valence electrons. The molecule has 0 spiro atoms. The molecule has 1 saturated heterocycles. The minimum Gasteiger partial charge on any atom is -0.480 e. The lowest BCUT2D eigenvalue weighted by molar-refractivity contribution is -0.147. The molecule has 2 heterocycles. The van der Waals surface area contributed by atoms with Gasteiger partial charge in [0.2, 0.25) is 5.91 Å². The summed E-state index contributed by atoms with van der Waals surface area (Å²) in [6.45, 7) is 2.36. The Morgan fingerprint density at radius 3 is 2.46 bits per heavy atom. The van der Waals surface area contributed by atoms with Crippen LogP contribution in [0, 0.1) is 0 Å². The minimum absolute atomic E-state index is 0.115. The quantitative estimate of drug-likeness (QED) is 0.872. The lowest BCUT2D eigenvalue weighted by Gasteiger charge is -2.20. The first-order chi connectivity index (χ1) is 12.3. The normalized spacial score (nSPS) is 21.5. The smallest absolute Gasteiger partial charge is 0.410 e. The number of fused-ring (bicyclic) bond motifs is 1. The van der Waals surface area contributed by atoms with Gasteiger partial charge in [-0.05, 0) is 23.3 Å². The number of carbonyl (C=O) groups excluding carboxylic acids is 2. The molecule has 0 radical (unpaired) electrons. The number of rotatable bonds is 3. The molecule has 0 aromatic heterocycles. The molecule has 0 saturated carbocycles. The molecular weight excluding hydrogens is 338 g/mol. The van der Waals surface area contributed by atoms with Crippen LogP contribution in [0.1, 0.15) is 24.5 Å². The predicted molar refractivity (Wildman–Crippen MR) is 93.7 cm³/mol. The van der Waals surface area contributed by atoms with E-state index in [0.717, 1.165) is 16.8 Å². The van der Waals surface area contributed by atoms with Crippen molar-refractivity contribution in [1.82, 2.24) is 9.80 Å². The van der Waals surface area contributed by atoms with Crippen molar-refractivity contribution in [2.24, 2.45) is 0 Å². The average molecular weight is 361 g/mol. The SMILES string of the molecule is CC(=O)N1CC(OC(=O)N2Cc3ccc(N(C)C)cc3C2)C[C@H]1C(=O)O. The molecule has 8 nitrogen and oxygen atoms in total. The van der Waals surface area contributed by atoms with Crippen molar-refractivity contribution in [2.45, 2.75) is 38.6 Å². The van der Waals surface area contributed by atoms with Crippen LogP contribution in [0.25, 0.3) is 0 Å². The summed E-state index contributed by atoms with van der Waals surface area (Å²) < 4.78 is 5.48. The van der Waals surface area contributed by atoms with Crippen LogP contribution < -0.4 is 4.90 Å². The van der Waals surface area contributed by atoms with Crippen LogP contribution in [-0.4, -0.2) is 65.7 Å². The average Bonchev–Trinajstić information content (AvgIpc) is 3.17. The first-order valence-electron chi connectivity index (χ1n) is 8.51. The summed E-state index contributed by atoms with van der Waals surface area (Å²) in [6, 6.07) is 5.12. The van der Waals surface area contributed by atoms with Gasteiger partial charge in [0.25, 0.3) is 0 Å². The van der Waals surface area contributed by atoms with E-state index in [9.17, 15) is 19.5 Å². The van der Waals surface area contributed by atoms with Gasteiger partial charge < -0.3 is 19.6 Å². The van der Waals surface area contributed by atoms with Crippen molar-refractivity contribution in [1.29, 1.82) is 0 Å². The van der Waals surface area contributed by atoms with Crippen LogP contribution in [0.5, 0.6) is 0 Å². The number of likely N-dealkylation sites (tertiary alicyclic amines) is 1. The highest BCUT2D eigenvalue weighted by Gasteiger charge is 2.41. The number of nitrogens with zero attached hydrogens (tertiary/aromatic N) is 3. The Kier molecular flexibility index (Phi) is 4.76. The first-order valence-corrected chi connectivity index (χ1v) is 8.51. The minimum atomic E-state index is -1.08. The molecule has 3 rings (SSSR count). The van der Waals surface area contributed by atoms with E-state index in [4.69, 9.17) is 4.74 Å². The lowest BCUT2D eigenvalue weighted by Crippen LogP contribution is -2.39. The summed E-state index contributed by atoms with van der Waals surface area (Å²) in [7, 11) is 3.92. The summed E-state index contributed by atoms with van der Waals surface area (Å²) in [4.78, 5) is 40.2. The second kappa shape index (κ2) is 6.86. The standard InChI is InChI=1S/C18H23N3O5/c1-11(22)21-10-15(7-16(21)17(23)24)26-18(25)20-8-12-4-5-14(19(2)3)6-13(12)9-20/h4-6,15-16H,7-10H2,1-3H3,(H,23,24)/t15?,16-/m0/s1. The highest BCUT2D eigenvalue weighted by atomic mass is 16.6. The molecule has 2 amide bonds. The van der Waals surface area contributed by atoms with Gasteiger partial charge in [-0.15, -0.1) is 0 Å². The Morgan fingerprint density at radius 2 is 1.88 bits per heavy atom. The predicted octanol–water partition coefficient (Wildman–Crippen LogP) is 1.28. The molecule has 0 bridgehead atoms. The van der Waals surface area contributed by atoms with E-state index >= 15 is 0 Å². The van der Waals surface area contributed by atoms with Crippen molar-refractivity contribution in [3.8, 4) is 0 Å². The number of ether oxygens (including phenoxy) is 1. The Hall–Kier alpha value is -2.77. The summed E-state index contributed by atoms with van der Waals surface area (Å²) >= 11 is 0. The fourth-order valence-electron chi connectivity index (χ4n) is 3.47. The molecule has 26 heavy (non-hydrogen) atoms. The molecule has 2 aliphatic heterocycles. The van der Waals surface area contributed by atoms with Gasteiger partial charge in [-0.3, -0.25) is 9.69 Å². The highest BCUT2D eigenvalue weighted by molar-refractivity contribution is 5.83. The van der Waals surface area contributed by atoms with E-state index in [1.54, 1.807) is 4.90 Å². The number of carboxylic acid groups (broad SMARTS) is 1. The highest BCUT2D eigenvalue weighted by Crippen LogP contribution is 2.28. The third kappa shape index (κ3) is 3.44. The fraction of sp³-hybridized carbons (Fsp3) is 0.500. The van der Waals surface area contributed by atoms with Crippen LogP contribution in [-0.2, 0) is 27.4 Å². The topological polar surface area (TPSA) is 90.4 Å². The maximum Gasteiger partial charge on any atom is 0.410 e. The third-order valence-electron chi connectivity index (χ3n) is 4.91. The number of hydrogen-bond acceptors (Lipinski definition) is 5.